The van der Waals surface area contributed by atoms with Crippen molar-refractivity contribution in [2.24, 2.45) is 0 Å². The Hall–Kier alpha value is -2.51. The van der Waals surface area contributed by atoms with Crippen molar-refractivity contribution in [3.63, 3.8) is 0 Å². The van der Waals surface area contributed by atoms with Gasteiger partial charge in [-0.05, 0) is 61.0 Å². The molecule has 1 heterocycles. The molecule has 0 spiro atoms. The van der Waals surface area contributed by atoms with Crippen molar-refractivity contribution in [2.75, 3.05) is 10.6 Å². The molecular formula is C21H19BrN2O3S. The Balaban J connectivity index is 1.64. The lowest BCUT2D eigenvalue weighted by Crippen LogP contribution is -2.24. The Bertz CT molecular complexity index is 943. The lowest BCUT2D eigenvalue weighted by atomic mass is 10.3. The Labute approximate surface area is 176 Å². The van der Waals surface area contributed by atoms with Gasteiger partial charge < -0.3 is 15.1 Å². The fourth-order valence-corrected chi connectivity index (χ4v) is 3.77. The molecule has 1 atom stereocenters. The van der Waals surface area contributed by atoms with Crippen LogP contribution in [0.5, 0.6) is 0 Å². The zero-order chi connectivity index (χ0) is 19.9. The average Bonchev–Trinajstić information content (AvgIpc) is 3.23. The van der Waals surface area contributed by atoms with Gasteiger partial charge in [0.2, 0.25) is 5.91 Å². The van der Waals surface area contributed by atoms with Crippen LogP contribution in [0.1, 0.15) is 23.9 Å². The average molecular weight is 459 g/mol. The van der Waals surface area contributed by atoms with E-state index in [0.29, 0.717) is 12.1 Å². The smallest absolute Gasteiger partial charge is 0.291 e. The highest BCUT2D eigenvalue weighted by molar-refractivity contribution is 9.10. The Kier molecular flexibility index (Phi) is 6.95. The molecule has 144 valence electrons. The van der Waals surface area contributed by atoms with Crippen molar-refractivity contribution in [3.8, 4) is 0 Å². The molecule has 0 saturated carbocycles. The second kappa shape index (κ2) is 9.61. The summed E-state index contributed by atoms with van der Waals surface area (Å²) in [7, 11) is 0. The molecule has 3 rings (SSSR count). The summed E-state index contributed by atoms with van der Waals surface area (Å²) in [5.41, 5.74) is 1.40. The van der Waals surface area contributed by atoms with Crippen LogP contribution >= 0.6 is 27.7 Å². The summed E-state index contributed by atoms with van der Waals surface area (Å²) in [5.74, 6) is -0.120. The SMILES string of the molecule is CCC(Sc1cccc(NC(=O)c2ccco2)c1)C(=O)Nc1ccc(Br)cc1. The Morgan fingerprint density at radius 2 is 1.82 bits per heavy atom. The largest absolute Gasteiger partial charge is 0.459 e. The maximum Gasteiger partial charge on any atom is 0.291 e. The molecule has 1 unspecified atom stereocenters. The number of furan rings is 1. The molecule has 5 nitrogen and oxygen atoms in total. The minimum Gasteiger partial charge on any atom is -0.459 e. The van der Waals surface area contributed by atoms with Crippen molar-refractivity contribution in [1.82, 2.24) is 0 Å². The lowest BCUT2D eigenvalue weighted by Gasteiger charge is -2.15. The molecule has 2 aromatic carbocycles. The molecule has 28 heavy (non-hydrogen) atoms. The predicted molar refractivity (Wildman–Crippen MR) is 116 cm³/mol. The number of benzene rings is 2. The molecule has 2 amide bonds. The normalized spacial score (nSPS) is 11.6. The Morgan fingerprint density at radius 1 is 1.04 bits per heavy atom. The third-order valence-corrected chi connectivity index (χ3v) is 5.78. The van der Waals surface area contributed by atoms with Crippen LogP contribution < -0.4 is 10.6 Å². The molecule has 0 radical (unpaired) electrons. The van der Waals surface area contributed by atoms with Crippen LogP contribution in [0.4, 0.5) is 11.4 Å². The van der Waals surface area contributed by atoms with Crippen LogP contribution in [-0.2, 0) is 4.79 Å². The minimum atomic E-state index is -0.313. The third kappa shape index (κ3) is 5.50. The first-order valence-corrected chi connectivity index (χ1v) is 10.4. The number of hydrogen-bond donors (Lipinski definition) is 2. The minimum absolute atomic E-state index is 0.0557. The summed E-state index contributed by atoms with van der Waals surface area (Å²) < 4.78 is 6.06. The molecule has 2 N–H and O–H groups in total. The summed E-state index contributed by atoms with van der Waals surface area (Å²) in [6, 6.07) is 18.2. The van der Waals surface area contributed by atoms with Crippen LogP contribution in [0.25, 0.3) is 0 Å². The molecule has 0 saturated heterocycles. The fraction of sp³-hybridized carbons (Fsp3) is 0.143. The van der Waals surface area contributed by atoms with E-state index in [1.807, 2.05) is 49.4 Å². The van der Waals surface area contributed by atoms with Gasteiger partial charge in [-0.1, -0.05) is 28.9 Å². The summed E-state index contributed by atoms with van der Waals surface area (Å²) >= 11 is 4.84. The zero-order valence-corrected chi connectivity index (χ0v) is 17.5. The molecule has 3 aromatic rings. The summed E-state index contributed by atoms with van der Waals surface area (Å²) in [4.78, 5) is 25.6. The van der Waals surface area contributed by atoms with E-state index in [9.17, 15) is 9.59 Å². The fourth-order valence-electron chi connectivity index (χ4n) is 2.49. The van der Waals surface area contributed by atoms with E-state index in [1.165, 1.54) is 18.0 Å². The molecular weight excluding hydrogens is 440 g/mol. The van der Waals surface area contributed by atoms with Crippen molar-refractivity contribution >= 4 is 50.9 Å². The van der Waals surface area contributed by atoms with Gasteiger partial charge in [-0.15, -0.1) is 11.8 Å². The van der Waals surface area contributed by atoms with Crippen LogP contribution in [-0.4, -0.2) is 17.1 Å². The highest BCUT2D eigenvalue weighted by atomic mass is 79.9. The van der Waals surface area contributed by atoms with Crippen LogP contribution in [0, 0.1) is 0 Å². The van der Waals surface area contributed by atoms with Gasteiger partial charge in [0.25, 0.3) is 5.91 Å². The molecule has 7 heteroatoms. The molecule has 0 aliphatic heterocycles. The van der Waals surface area contributed by atoms with Crippen molar-refractivity contribution in [2.45, 2.75) is 23.5 Å². The van der Waals surface area contributed by atoms with E-state index in [2.05, 4.69) is 26.6 Å². The van der Waals surface area contributed by atoms with E-state index in [4.69, 9.17) is 4.42 Å². The standard InChI is InChI=1S/C21H19BrN2O3S/c1-2-19(21(26)23-15-10-8-14(22)9-11-15)28-17-6-3-5-16(13-17)24-20(25)18-7-4-12-27-18/h3-13,19H,2H2,1H3,(H,23,26)(H,24,25). The van der Waals surface area contributed by atoms with E-state index in [1.54, 1.807) is 18.2 Å². The second-order valence-electron chi connectivity index (χ2n) is 5.97. The number of nitrogens with one attached hydrogen (secondary N) is 2. The summed E-state index contributed by atoms with van der Waals surface area (Å²) in [5, 5.41) is 5.49. The van der Waals surface area contributed by atoms with Gasteiger partial charge in [0.1, 0.15) is 0 Å². The number of hydrogen-bond acceptors (Lipinski definition) is 4. The van der Waals surface area contributed by atoms with Crippen molar-refractivity contribution in [1.29, 1.82) is 0 Å². The number of carbonyl (C=O) groups excluding carboxylic acids is 2. The third-order valence-electron chi connectivity index (χ3n) is 3.89. The quantitative estimate of drug-likeness (QED) is 0.438. The van der Waals surface area contributed by atoms with Gasteiger partial charge >= 0.3 is 0 Å². The first-order valence-electron chi connectivity index (χ1n) is 8.73. The maximum absolute atomic E-state index is 12.6. The predicted octanol–water partition coefficient (Wildman–Crippen LogP) is 5.80. The second-order valence-corrected chi connectivity index (χ2v) is 8.16. The lowest BCUT2D eigenvalue weighted by molar-refractivity contribution is -0.115. The molecule has 1 aromatic heterocycles. The number of carbonyl (C=O) groups is 2. The highest BCUT2D eigenvalue weighted by Gasteiger charge is 2.18. The number of rotatable bonds is 7. The van der Waals surface area contributed by atoms with Crippen molar-refractivity contribution in [3.05, 3.63) is 77.2 Å². The topological polar surface area (TPSA) is 71.3 Å². The number of amides is 2. The van der Waals surface area contributed by atoms with Crippen LogP contribution in [0.2, 0.25) is 0 Å². The van der Waals surface area contributed by atoms with E-state index < -0.39 is 0 Å². The Morgan fingerprint density at radius 3 is 2.50 bits per heavy atom. The van der Waals surface area contributed by atoms with E-state index in [-0.39, 0.29) is 22.8 Å². The van der Waals surface area contributed by atoms with E-state index >= 15 is 0 Å². The maximum atomic E-state index is 12.6. The molecule has 0 bridgehead atoms. The van der Waals surface area contributed by atoms with E-state index in [0.717, 1.165) is 15.1 Å². The number of thioether (sulfide) groups is 1. The van der Waals surface area contributed by atoms with Gasteiger partial charge in [-0.25, -0.2) is 0 Å². The monoisotopic (exact) mass is 458 g/mol. The highest BCUT2D eigenvalue weighted by Crippen LogP contribution is 2.29. The summed E-state index contributed by atoms with van der Waals surface area (Å²) in [6.07, 6.45) is 2.13. The van der Waals surface area contributed by atoms with Gasteiger partial charge in [0, 0.05) is 20.7 Å². The van der Waals surface area contributed by atoms with Gasteiger partial charge in [-0.3, -0.25) is 9.59 Å². The van der Waals surface area contributed by atoms with Crippen LogP contribution in [0.3, 0.4) is 0 Å². The van der Waals surface area contributed by atoms with Gasteiger partial charge in [-0.2, -0.15) is 0 Å². The van der Waals surface area contributed by atoms with Crippen molar-refractivity contribution < 1.29 is 14.0 Å². The van der Waals surface area contributed by atoms with Crippen LogP contribution in [0.15, 0.2) is 80.7 Å². The van der Waals surface area contributed by atoms with Gasteiger partial charge in [0.05, 0.1) is 11.5 Å². The first kappa shape index (κ1) is 20.2. The molecule has 0 aliphatic rings. The molecule has 0 aliphatic carbocycles. The summed E-state index contributed by atoms with van der Waals surface area (Å²) in [6.45, 7) is 1.97. The number of anilines is 2. The zero-order valence-electron chi connectivity index (χ0n) is 15.1. The molecule has 0 fully saturated rings. The first-order chi connectivity index (χ1) is 13.5. The van der Waals surface area contributed by atoms with Gasteiger partial charge in [0.15, 0.2) is 5.76 Å². The number of halogens is 1.